The highest BCUT2D eigenvalue weighted by atomic mass is 79.9. The van der Waals surface area contributed by atoms with Gasteiger partial charge in [0.25, 0.3) is 0 Å². The van der Waals surface area contributed by atoms with Crippen molar-refractivity contribution in [2.45, 2.75) is 44.1 Å². The van der Waals surface area contributed by atoms with E-state index in [1.165, 1.54) is 0 Å². The Kier molecular flexibility index (Phi) is 5.82. The van der Waals surface area contributed by atoms with Crippen LogP contribution in [-0.2, 0) is 14.8 Å². The number of benzene rings is 1. The van der Waals surface area contributed by atoms with Crippen LogP contribution >= 0.6 is 15.9 Å². The summed E-state index contributed by atoms with van der Waals surface area (Å²) in [5.41, 5.74) is 0.773. The van der Waals surface area contributed by atoms with E-state index in [0.717, 1.165) is 29.3 Å². The van der Waals surface area contributed by atoms with Gasteiger partial charge in [0.15, 0.2) is 0 Å². The quantitative estimate of drug-likeness (QED) is 0.792. The molecule has 0 aliphatic carbocycles. The fraction of sp³-hybridized carbons (Fsp3) is 0.600. The van der Waals surface area contributed by atoms with Crippen LogP contribution in [-0.4, -0.2) is 38.5 Å². The summed E-state index contributed by atoms with van der Waals surface area (Å²) in [7, 11) is -3.45. The zero-order valence-electron chi connectivity index (χ0n) is 12.5. The van der Waals surface area contributed by atoms with Crippen LogP contribution in [0.1, 0.15) is 31.7 Å². The summed E-state index contributed by atoms with van der Waals surface area (Å²) in [4.78, 5) is 0.382. The SMILES string of the molecule is CCCOC1CCCN(S(=O)(=O)c2cc(Br)ccc2C)C1. The fourth-order valence-electron chi connectivity index (χ4n) is 2.53. The Morgan fingerprint density at radius 2 is 2.19 bits per heavy atom. The number of hydrogen-bond donors (Lipinski definition) is 0. The Labute approximate surface area is 135 Å². The van der Waals surface area contributed by atoms with Crippen molar-refractivity contribution in [2.75, 3.05) is 19.7 Å². The summed E-state index contributed by atoms with van der Waals surface area (Å²) in [6.45, 7) is 5.60. The molecule has 1 aliphatic heterocycles. The first-order valence-electron chi connectivity index (χ1n) is 7.33. The van der Waals surface area contributed by atoms with E-state index >= 15 is 0 Å². The molecule has 0 bridgehead atoms. The zero-order valence-corrected chi connectivity index (χ0v) is 14.9. The van der Waals surface area contributed by atoms with Crippen LogP contribution < -0.4 is 0 Å². The van der Waals surface area contributed by atoms with Gasteiger partial charge in [-0.3, -0.25) is 0 Å². The highest BCUT2D eigenvalue weighted by molar-refractivity contribution is 9.10. The first-order chi connectivity index (χ1) is 9.95. The fourth-order valence-corrected chi connectivity index (χ4v) is 4.81. The summed E-state index contributed by atoms with van der Waals surface area (Å²) in [6.07, 6.45) is 2.75. The van der Waals surface area contributed by atoms with Crippen LogP contribution in [0, 0.1) is 6.92 Å². The van der Waals surface area contributed by atoms with Crippen molar-refractivity contribution in [1.29, 1.82) is 0 Å². The smallest absolute Gasteiger partial charge is 0.243 e. The summed E-state index contributed by atoms with van der Waals surface area (Å²) in [5.74, 6) is 0. The van der Waals surface area contributed by atoms with Crippen LogP contribution in [0.15, 0.2) is 27.6 Å². The molecule has 0 aromatic heterocycles. The highest BCUT2D eigenvalue weighted by Crippen LogP contribution is 2.26. The van der Waals surface area contributed by atoms with E-state index in [2.05, 4.69) is 22.9 Å². The molecule has 1 aliphatic rings. The molecule has 1 saturated heterocycles. The predicted molar refractivity (Wildman–Crippen MR) is 86.9 cm³/mol. The number of ether oxygens (including phenoxy) is 1. The van der Waals surface area contributed by atoms with Crippen LogP contribution in [0.3, 0.4) is 0 Å². The van der Waals surface area contributed by atoms with E-state index in [4.69, 9.17) is 4.74 Å². The Balaban J connectivity index is 2.20. The maximum atomic E-state index is 12.8. The van der Waals surface area contributed by atoms with Crippen molar-refractivity contribution in [3.8, 4) is 0 Å². The average Bonchev–Trinajstić information content (AvgIpc) is 2.48. The minimum Gasteiger partial charge on any atom is -0.377 e. The molecule has 0 spiro atoms. The van der Waals surface area contributed by atoms with E-state index in [1.807, 2.05) is 19.1 Å². The molecule has 6 heteroatoms. The van der Waals surface area contributed by atoms with Crippen LogP contribution in [0.2, 0.25) is 0 Å². The van der Waals surface area contributed by atoms with Gasteiger partial charge in [0.1, 0.15) is 0 Å². The molecule has 1 fully saturated rings. The molecule has 1 heterocycles. The summed E-state index contributed by atoms with van der Waals surface area (Å²) >= 11 is 3.35. The lowest BCUT2D eigenvalue weighted by Crippen LogP contribution is -2.43. The second-order valence-electron chi connectivity index (χ2n) is 5.41. The maximum Gasteiger partial charge on any atom is 0.243 e. The van der Waals surface area contributed by atoms with Crippen molar-refractivity contribution in [1.82, 2.24) is 4.31 Å². The molecular weight excluding hydrogens is 354 g/mol. The van der Waals surface area contributed by atoms with Crippen molar-refractivity contribution < 1.29 is 13.2 Å². The molecule has 1 atom stereocenters. The van der Waals surface area contributed by atoms with E-state index in [-0.39, 0.29) is 6.10 Å². The molecular formula is C15H22BrNO3S. The summed E-state index contributed by atoms with van der Waals surface area (Å²) < 4.78 is 33.7. The Morgan fingerprint density at radius 1 is 1.43 bits per heavy atom. The van der Waals surface area contributed by atoms with Gasteiger partial charge >= 0.3 is 0 Å². The second-order valence-corrected chi connectivity index (χ2v) is 8.23. The molecule has 1 unspecified atom stereocenters. The Hall–Kier alpha value is -0.430. The standard InChI is InChI=1S/C15H22BrNO3S/c1-3-9-20-14-5-4-8-17(11-14)21(18,19)15-10-13(16)7-6-12(15)2/h6-7,10,14H,3-5,8-9,11H2,1-2H3. The number of aryl methyl sites for hydroxylation is 1. The molecule has 4 nitrogen and oxygen atoms in total. The van der Waals surface area contributed by atoms with Crippen molar-refractivity contribution in [3.63, 3.8) is 0 Å². The molecule has 0 radical (unpaired) electrons. The largest absolute Gasteiger partial charge is 0.377 e. The van der Waals surface area contributed by atoms with Crippen molar-refractivity contribution in [3.05, 3.63) is 28.2 Å². The molecule has 0 N–H and O–H groups in total. The molecule has 2 rings (SSSR count). The highest BCUT2D eigenvalue weighted by Gasteiger charge is 2.31. The first-order valence-corrected chi connectivity index (χ1v) is 9.56. The van der Waals surface area contributed by atoms with Gasteiger partial charge in [0.2, 0.25) is 10.0 Å². The zero-order chi connectivity index (χ0) is 15.5. The van der Waals surface area contributed by atoms with E-state index < -0.39 is 10.0 Å². The van der Waals surface area contributed by atoms with Crippen molar-refractivity contribution in [2.24, 2.45) is 0 Å². The number of rotatable bonds is 5. The Bertz CT molecular complexity index is 589. The first kappa shape index (κ1) is 16.9. The van der Waals surface area contributed by atoms with Gasteiger partial charge in [0.05, 0.1) is 11.0 Å². The predicted octanol–water partition coefficient (Wildman–Crippen LogP) is 3.34. The third-order valence-corrected chi connectivity index (χ3v) is 6.17. The van der Waals surface area contributed by atoms with Gasteiger partial charge in [-0.25, -0.2) is 8.42 Å². The average molecular weight is 376 g/mol. The number of nitrogens with zero attached hydrogens (tertiary/aromatic N) is 1. The lowest BCUT2D eigenvalue weighted by atomic mass is 10.1. The molecule has 0 amide bonds. The van der Waals surface area contributed by atoms with Crippen molar-refractivity contribution >= 4 is 26.0 Å². The minimum absolute atomic E-state index is 0.0148. The van der Waals surface area contributed by atoms with Crippen LogP contribution in [0.5, 0.6) is 0 Å². The van der Waals surface area contributed by atoms with E-state index in [9.17, 15) is 8.42 Å². The normalized spacial score (nSPS) is 20.6. The second kappa shape index (κ2) is 7.22. The number of piperidine rings is 1. The Morgan fingerprint density at radius 3 is 2.90 bits per heavy atom. The van der Waals surface area contributed by atoms with Gasteiger partial charge in [-0.05, 0) is 43.9 Å². The van der Waals surface area contributed by atoms with Gasteiger partial charge in [-0.2, -0.15) is 4.31 Å². The summed E-state index contributed by atoms with van der Waals surface area (Å²) in [6, 6.07) is 5.37. The minimum atomic E-state index is -3.45. The lowest BCUT2D eigenvalue weighted by molar-refractivity contribution is 0.0193. The van der Waals surface area contributed by atoms with Crippen LogP contribution in [0.25, 0.3) is 0 Å². The number of halogens is 1. The molecule has 0 saturated carbocycles. The van der Waals surface area contributed by atoms with Gasteiger partial charge in [-0.1, -0.05) is 28.9 Å². The maximum absolute atomic E-state index is 12.8. The molecule has 21 heavy (non-hydrogen) atoms. The molecule has 1 aromatic rings. The number of sulfonamides is 1. The monoisotopic (exact) mass is 375 g/mol. The topological polar surface area (TPSA) is 46.6 Å². The number of hydrogen-bond acceptors (Lipinski definition) is 3. The lowest BCUT2D eigenvalue weighted by Gasteiger charge is -2.32. The third-order valence-electron chi connectivity index (χ3n) is 3.67. The molecule has 118 valence electrons. The van der Waals surface area contributed by atoms with E-state index in [0.29, 0.717) is 24.6 Å². The van der Waals surface area contributed by atoms with Gasteiger partial charge in [0, 0.05) is 24.2 Å². The van der Waals surface area contributed by atoms with E-state index in [1.54, 1.807) is 10.4 Å². The summed E-state index contributed by atoms with van der Waals surface area (Å²) in [5, 5.41) is 0. The third kappa shape index (κ3) is 4.06. The molecule has 1 aromatic carbocycles. The van der Waals surface area contributed by atoms with Gasteiger partial charge < -0.3 is 4.74 Å². The van der Waals surface area contributed by atoms with Gasteiger partial charge in [-0.15, -0.1) is 0 Å². The van der Waals surface area contributed by atoms with Crippen LogP contribution in [0.4, 0.5) is 0 Å².